The molecular formula is C14H9F2NO. The highest BCUT2D eigenvalue weighted by atomic mass is 19.2. The minimum atomic E-state index is -0.873. The van der Waals surface area contributed by atoms with Crippen LogP contribution in [0.3, 0.4) is 0 Å². The Morgan fingerprint density at radius 3 is 2.72 bits per heavy atom. The molecule has 0 fully saturated rings. The summed E-state index contributed by atoms with van der Waals surface area (Å²) in [5, 5.41) is 2.68. The van der Waals surface area contributed by atoms with Crippen LogP contribution in [0.2, 0.25) is 0 Å². The van der Waals surface area contributed by atoms with Crippen molar-refractivity contribution in [1.82, 2.24) is 5.32 Å². The van der Waals surface area contributed by atoms with Gasteiger partial charge in [0.2, 0.25) is 0 Å². The van der Waals surface area contributed by atoms with E-state index in [9.17, 15) is 13.6 Å². The molecule has 0 bridgehead atoms. The third-order valence-corrected chi connectivity index (χ3v) is 3.05. The molecule has 2 aromatic carbocycles. The lowest BCUT2D eigenvalue weighted by molar-refractivity contribution is 0.0966. The lowest BCUT2D eigenvalue weighted by atomic mass is 10.00. The number of hydrogen-bond acceptors (Lipinski definition) is 1. The summed E-state index contributed by atoms with van der Waals surface area (Å²) in [7, 11) is 0. The summed E-state index contributed by atoms with van der Waals surface area (Å²) < 4.78 is 26.8. The van der Waals surface area contributed by atoms with E-state index in [1.54, 1.807) is 18.2 Å². The van der Waals surface area contributed by atoms with Gasteiger partial charge in [0.25, 0.3) is 5.91 Å². The fraction of sp³-hybridized carbons (Fsp3) is 0.0714. The highest BCUT2D eigenvalue weighted by Crippen LogP contribution is 2.27. The molecule has 0 aliphatic carbocycles. The fourth-order valence-electron chi connectivity index (χ4n) is 2.13. The van der Waals surface area contributed by atoms with Crippen molar-refractivity contribution in [3.8, 4) is 11.1 Å². The van der Waals surface area contributed by atoms with Crippen molar-refractivity contribution in [3.63, 3.8) is 0 Å². The molecule has 90 valence electrons. The fourth-order valence-corrected chi connectivity index (χ4v) is 2.13. The minimum absolute atomic E-state index is 0.128. The molecule has 0 unspecified atom stereocenters. The van der Waals surface area contributed by atoms with E-state index in [0.717, 1.165) is 11.6 Å². The van der Waals surface area contributed by atoms with E-state index < -0.39 is 11.6 Å². The summed E-state index contributed by atoms with van der Waals surface area (Å²) in [6, 6.07) is 9.04. The summed E-state index contributed by atoms with van der Waals surface area (Å²) in [5.74, 6) is -1.87. The lowest BCUT2D eigenvalue weighted by Crippen LogP contribution is -2.12. The Balaban J connectivity index is 2.14. The number of hydrogen-bond donors (Lipinski definition) is 1. The van der Waals surface area contributed by atoms with Crippen molar-refractivity contribution in [2.24, 2.45) is 0 Å². The molecule has 0 radical (unpaired) electrons. The van der Waals surface area contributed by atoms with E-state index >= 15 is 0 Å². The first-order valence-electron chi connectivity index (χ1n) is 5.52. The van der Waals surface area contributed by atoms with Crippen LogP contribution in [0.25, 0.3) is 11.1 Å². The molecule has 0 spiro atoms. The second-order valence-electron chi connectivity index (χ2n) is 4.16. The summed E-state index contributed by atoms with van der Waals surface area (Å²) in [4.78, 5) is 11.4. The van der Waals surface area contributed by atoms with Gasteiger partial charge in [0.1, 0.15) is 0 Å². The van der Waals surface area contributed by atoms with Gasteiger partial charge in [0, 0.05) is 17.7 Å². The Hall–Kier alpha value is -2.23. The Kier molecular flexibility index (Phi) is 2.37. The van der Waals surface area contributed by atoms with E-state index in [1.807, 2.05) is 0 Å². The molecule has 0 aromatic heterocycles. The van der Waals surface area contributed by atoms with Crippen molar-refractivity contribution in [1.29, 1.82) is 0 Å². The van der Waals surface area contributed by atoms with Gasteiger partial charge in [-0.3, -0.25) is 4.79 Å². The zero-order valence-electron chi connectivity index (χ0n) is 9.34. The zero-order chi connectivity index (χ0) is 12.7. The standard InChI is InChI=1S/C14H9F2NO/c15-12-3-1-2-10(13(12)16)8-4-5-11-9(6-8)7-17-14(11)18/h1-6H,7H2,(H,17,18). The highest BCUT2D eigenvalue weighted by molar-refractivity contribution is 5.98. The summed E-state index contributed by atoms with van der Waals surface area (Å²) in [6.07, 6.45) is 0. The maximum absolute atomic E-state index is 13.7. The number of halogens is 2. The lowest BCUT2D eigenvalue weighted by Gasteiger charge is -2.05. The minimum Gasteiger partial charge on any atom is -0.348 e. The maximum Gasteiger partial charge on any atom is 0.251 e. The molecule has 0 saturated carbocycles. The molecule has 0 atom stereocenters. The molecule has 2 nitrogen and oxygen atoms in total. The van der Waals surface area contributed by atoms with Gasteiger partial charge in [-0.05, 0) is 29.3 Å². The van der Waals surface area contributed by atoms with Crippen LogP contribution >= 0.6 is 0 Å². The monoisotopic (exact) mass is 245 g/mol. The molecule has 0 saturated heterocycles. The molecule has 1 N–H and O–H groups in total. The molecule has 3 rings (SSSR count). The molecule has 2 aromatic rings. The van der Waals surface area contributed by atoms with Gasteiger partial charge in [-0.25, -0.2) is 8.78 Å². The first-order valence-corrected chi connectivity index (χ1v) is 5.52. The molecule has 1 aliphatic rings. The van der Waals surface area contributed by atoms with Crippen molar-refractivity contribution in [3.05, 3.63) is 59.2 Å². The quantitative estimate of drug-likeness (QED) is 0.822. The van der Waals surface area contributed by atoms with Crippen molar-refractivity contribution in [2.45, 2.75) is 6.54 Å². The van der Waals surface area contributed by atoms with Crippen molar-refractivity contribution < 1.29 is 13.6 Å². The highest BCUT2D eigenvalue weighted by Gasteiger charge is 2.19. The van der Waals surface area contributed by atoms with Crippen molar-refractivity contribution >= 4 is 5.91 Å². The Morgan fingerprint density at radius 2 is 1.89 bits per heavy atom. The average Bonchev–Trinajstić information content (AvgIpc) is 2.74. The van der Waals surface area contributed by atoms with Gasteiger partial charge in [0.05, 0.1) is 0 Å². The Bertz CT molecular complexity index is 652. The zero-order valence-corrected chi connectivity index (χ0v) is 9.34. The number of fused-ring (bicyclic) bond motifs is 1. The van der Waals surface area contributed by atoms with E-state index in [-0.39, 0.29) is 11.5 Å². The second-order valence-corrected chi connectivity index (χ2v) is 4.16. The second kappa shape index (κ2) is 3.91. The first kappa shape index (κ1) is 10.9. The number of carbonyl (C=O) groups is 1. The smallest absolute Gasteiger partial charge is 0.251 e. The Labute approximate surface area is 102 Å². The van der Waals surface area contributed by atoms with Crippen LogP contribution in [0.4, 0.5) is 8.78 Å². The molecule has 18 heavy (non-hydrogen) atoms. The molecule has 1 aliphatic heterocycles. The van der Waals surface area contributed by atoms with Crippen molar-refractivity contribution in [2.75, 3.05) is 0 Å². The normalized spacial score (nSPS) is 13.3. The SMILES string of the molecule is O=C1NCc2cc(-c3cccc(F)c3F)ccc21. The van der Waals surface area contributed by atoms with E-state index in [1.165, 1.54) is 12.1 Å². The van der Waals surface area contributed by atoms with E-state index in [4.69, 9.17) is 0 Å². The van der Waals surface area contributed by atoms with Crippen LogP contribution in [0.5, 0.6) is 0 Å². The van der Waals surface area contributed by atoms with Gasteiger partial charge in [-0.15, -0.1) is 0 Å². The Morgan fingerprint density at radius 1 is 1.06 bits per heavy atom. The number of nitrogens with one attached hydrogen (secondary N) is 1. The van der Waals surface area contributed by atoms with Crippen LogP contribution in [0.15, 0.2) is 36.4 Å². The van der Waals surface area contributed by atoms with Crippen LogP contribution in [-0.2, 0) is 6.54 Å². The van der Waals surface area contributed by atoms with E-state index in [2.05, 4.69) is 5.32 Å². The van der Waals surface area contributed by atoms with E-state index in [0.29, 0.717) is 17.7 Å². The predicted molar refractivity (Wildman–Crippen MR) is 63.0 cm³/mol. The summed E-state index contributed by atoms with van der Waals surface area (Å²) in [6.45, 7) is 0.430. The van der Waals surface area contributed by atoms with Crippen LogP contribution in [-0.4, -0.2) is 5.91 Å². The van der Waals surface area contributed by atoms with Crippen LogP contribution < -0.4 is 5.32 Å². The number of carbonyl (C=O) groups excluding carboxylic acids is 1. The largest absolute Gasteiger partial charge is 0.348 e. The number of rotatable bonds is 1. The van der Waals surface area contributed by atoms with Gasteiger partial charge < -0.3 is 5.32 Å². The van der Waals surface area contributed by atoms with Gasteiger partial charge >= 0.3 is 0 Å². The topological polar surface area (TPSA) is 29.1 Å². The molecule has 1 amide bonds. The third kappa shape index (κ3) is 1.57. The van der Waals surface area contributed by atoms with Crippen LogP contribution in [0, 0.1) is 11.6 Å². The predicted octanol–water partition coefficient (Wildman–Crippen LogP) is 2.88. The maximum atomic E-state index is 13.7. The molecular weight excluding hydrogens is 236 g/mol. The third-order valence-electron chi connectivity index (χ3n) is 3.05. The molecule has 4 heteroatoms. The molecule has 1 heterocycles. The number of benzene rings is 2. The number of amides is 1. The van der Waals surface area contributed by atoms with Gasteiger partial charge in [0.15, 0.2) is 11.6 Å². The van der Waals surface area contributed by atoms with Gasteiger partial charge in [-0.1, -0.05) is 18.2 Å². The summed E-state index contributed by atoms with van der Waals surface area (Å²) >= 11 is 0. The summed E-state index contributed by atoms with van der Waals surface area (Å²) in [5.41, 5.74) is 2.18. The van der Waals surface area contributed by atoms with Crippen LogP contribution in [0.1, 0.15) is 15.9 Å². The average molecular weight is 245 g/mol. The van der Waals surface area contributed by atoms with Gasteiger partial charge in [-0.2, -0.15) is 0 Å². The first-order chi connectivity index (χ1) is 8.66.